The summed E-state index contributed by atoms with van der Waals surface area (Å²) in [5.41, 5.74) is 6.23. The van der Waals surface area contributed by atoms with Gasteiger partial charge in [-0.3, -0.25) is 9.59 Å². The summed E-state index contributed by atoms with van der Waals surface area (Å²) >= 11 is 1.27. The molecule has 20 heavy (non-hydrogen) atoms. The molecule has 1 rings (SSSR count). The van der Waals surface area contributed by atoms with Gasteiger partial charge >= 0.3 is 0 Å². The van der Waals surface area contributed by atoms with Gasteiger partial charge in [0, 0.05) is 17.9 Å². The average Bonchev–Trinajstić information content (AvgIpc) is 2.32. The second-order valence-electron chi connectivity index (χ2n) is 5.25. The summed E-state index contributed by atoms with van der Waals surface area (Å²) in [4.78, 5) is 31.3. The first kappa shape index (κ1) is 16.4. The van der Waals surface area contributed by atoms with E-state index in [0.29, 0.717) is 5.16 Å². The van der Waals surface area contributed by atoms with Crippen LogP contribution in [0.3, 0.4) is 0 Å². The van der Waals surface area contributed by atoms with Crippen LogP contribution in [0.4, 0.5) is 0 Å². The maximum absolute atomic E-state index is 11.7. The van der Waals surface area contributed by atoms with Crippen molar-refractivity contribution in [2.24, 2.45) is 11.1 Å². The fourth-order valence-corrected chi connectivity index (χ4v) is 2.13. The summed E-state index contributed by atoms with van der Waals surface area (Å²) in [5, 5.41) is 3.26. The first-order valence-corrected chi connectivity index (χ1v) is 7.21. The second kappa shape index (κ2) is 6.69. The first-order chi connectivity index (χ1) is 9.20. The molecular weight excluding hydrogens is 276 g/mol. The third kappa shape index (κ3) is 5.16. The molecule has 0 aliphatic heterocycles. The predicted molar refractivity (Wildman–Crippen MR) is 78.2 cm³/mol. The van der Waals surface area contributed by atoms with Crippen LogP contribution in [-0.4, -0.2) is 34.1 Å². The molecule has 0 aromatic carbocycles. The van der Waals surface area contributed by atoms with E-state index >= 15 is 0 Å². The van der Waals surface area contributed by atoms with E-state index in [0.717, 1.165) is 11.4 Å². The molecule has 1 aromatic heterocycles. The van der Waals surface area contributed by atoms with E-state index < -0.39 is 11.3 Å². The van der Waals surface area contributed by atoms with Gasteiger partial charge in [0.2, 0.25) is 11.8 Å². The van der Waals surface area contributed by atoms with Gasteiger partial charge in [0.25, 0.3) is 0 Å². The van der Waals surface area contributed by atoms with Crippen molar-refractivity contribution in [3.8, 4) is 0 Å². The maximum atomic E-state index is 11.7. The van der Waals surface area contributed by atoms with E-state index in [1.165, 1.54) is 11.8 Å². The molecule has 0 radical (unpaired) electrons. The Morgan fingerprint density at radius 3 is 2.35 bits per heavy atom. The number of hydrogen-bond acceptors (Lipinski definition) is 5. The third-order valence-corrected chi connectivity index (χ3v) is 3.54. The SMILES string of the molecule is Cc1cc(C)nc(SCC(=O)NCC(C)(C)C(N)=O)n1. The van der Waals surface area contributed by atoms with Crippen molar-refractivity contribution in [3.05, 3.63) is 17.5 Å². The summed E-state index contributed by atoms with van der Waals surface area (Å²) in [7, 11) is 0. The van der Waals surface area contributed by atoms with Gasteiger partial charge in [0.1, 0.15) is 0 Å². The van der Waals surface area contributed by atoms with Crippen molar-refractivity contribution < 1.29 is 9.59 Å². The molecule has 110 valence electrons. The van der Waals surface area contributed by atoms with Crippen molar-refractivity contribution in [2.45, 2.75) is 32.9 Å². The number of aromatic nitrogens is 2. The molecule has 0 aliphatic carbocycles. The zero-order valence-corrected chi connectivity index (χ0v) is 13.0. The van der Waals surface area contributed by atoms with Crippen LogP contribution in [0.15, 0.2) is 11.2 Å². The highest BCUT2D eigenvalue weighted by Gasteiger charge is 2.25. The van der Waals surface area contributed by atoms with Crippen LogP contribution in [-0.2, 0) is 9.59 Å². The lowest BCUT2D eigenvalue weighted by atomic mass is 9.93. The van der Waals surface area contributed by atoms with Crippen molar-refractivity contribution in [2.75, 3.05) is 12.3 Å². The van der Waals surface area contributed by atoms with Crippen molar-refractivity contribution in [1.82, 2.24) is 15.3 Å². The molecule has 0 spiro atoms. The highest BCUT2D eigenvalue weighted by Crippen LogP contribution is 2.15. The number of nitrogens with zero attached hydrogens (tertiary/aromatic N) is 2. The van der Waals surface area contributed by atoms with Gasteiger partial charge in [-0.2, -0.15) is 0 Å². The topological polar surface area (TPSA) is 98.0 Å². The first-order valence-electron chi connectivity index (χ1n) is 6.22. The molecule has 0 saturated carbocycles. The summed E-state index contributed by atoms with van der Waals surface area (Å²) in [6.45, 7) is 7.36. The van der Waals surface area contributed by atoms with Crippen LogP contribution >= 0.6 is 11.8 Å². The van der Waals surface area contributed by atoms with Gasteiger partial charge in [-0.05, 0) is 33.8 Å². The smallest absolute Gasteiger partial charge is 0.230 e. The van der Waals surface area contributed by atoms with E-state index in [1.54, 1.807) is 13.8 Å². The molecular formula is C13H20N4O2S. The lowest BCUT2D eigenvalue weighted by molar-refractivity contribution is -0.126. The summed E-state index contributed by atoms with van der Waals surface area (Å²) in [5.74, 6) is -0.409. The number of hydrogen-bond donors (Lipinski definition) is 2. The Morgan fingerprint density at radius 1 is 1.30 bits per heavy atom. The summed E-state index contributed by atoms with van der Waals surface area (Å²) in [6.07, 6.45) is 0. The molecule has 0 atom stereocenters. The Bertz CT molecular complexity index is 497. The van der Waals surface area contributed by atoms with E-state index in [4.69, 9.17) is 5.73 Å². The summed E-state index contributed by atoms with van der Waals surface area (Å²) in [6, 6.07) is 1.87. The molecule has 2 amide bonds. The standard InChI is InChI=1S/C13H20N4O2S/c1-8-5-9(2)17-12(16-8)20-6-10(18)15-7-13(3,4)11(14)19/h5H,6-7H2,1-4H3,(H2,14,19)(H,15,18). The van der Waals surface area contributed by atoms with Crippen LogP contribution in [0.2, 0.25) is 0 Å². The highest BCUT2D eigenvalue weighted by molar-refractivity contribution is 7.99. The Labute approximate surface area is 122 Å². The molecule has 1 aromatic rings. The fourth-order valence-electron chi connectivity index (χ4n) is 1.35. The zero-order chi connectivity index (χ0) is 15.3. The van der Waals surface area contributed by atoms with E-state index in [9.17, 15) is 9.59 Å². The molecule has 0 saturated heterocycles. The number of nitrogens with two attached hydrogens (primary N) is 1. The zero-order valence-electron chi connectivity index (χ0n) is 12.2. The number of thioether (sulfide) groups is 1. The van der Waals surface area contributed by atoms with Crippen molar-refractivity contribution in [1.29, 1.82) is 0 Å². The normalized spacial score (nSPS) is 11.2. The van der Waals surface area contributed by atoms with Crippen LogP contribution in [0, 0.1) is 19.3 Å². The van der Waals surface area contributed by atoms with Gasteiger partial charge in [-0.1, -0.05) is 11.8 Å². The number of aryl methyl sites for hydroxylation is 2. The highest BCUT2D eigenvalue weighted by atomic mass is 32.2. The predicted octanol–water partition coefficient (Wildman–Crippen LogP) is 0.813. The van der Waals surface area contributed by atoms with Gasteiger partial charge in [0.05, 0.1) is 11.2 Å². The Morgan fingerprint density at radius 2 is 1.85 bits per heavy atom. The van der Waals surface area contributed by atoms with Crippen LogP contribution in [0.1, 0.15) is 25.2 Å². The lowest BCUT2D eigenvalue weighted by Gasteiger charge is -2.20. The van der Waals surface area contributed by atoms with E-state index in [2.05, 4.69) is 15.3 Å². The molecule has 0 aliphatic rings. The minimum Gasteiger partial charge on any atom is -0.369 e. The summed E-state index contributed by atoms with van der Waals surface area (Å²) < 4.78 is 0. The third-order valence-electron chi connectivity index (χ3n) is 2.69. The van der Waals surface area contributed by atoms with Crippen molar-refractivity contribution >= 4 is 23.6 Å². The number of carbonyl (C=O) groups excluding carboxylic acids is 2. The largest absolute Gasteiger partial charge is 0.369 e. The Kier molecular flexibility index (Phi) is 5.50. The van der Waals surface area contributed by atoms with Gasteiger partial charge in [0.15, 0.2) is 5.16 Å². The van der Waals surface area contributed by atoms with Crippen LogP contribution < -0.4 is 11.1 Å². The minimum atomic E-state index is -0.753. The van der Waals surface area contributed by atoms with Gasteiger partial charge in [-0.25, -0.2) is 9.97 Å². The van der Waals surface area contributed by atoms with E-state index in [-0.39, 0.29) is 18.2 Å². The number of carbonyl (C=O) groups is 2. The monoisotopic (exact) mass is 296 g/mol. The second-order valence-corrected chi connectivity index (χ2v) is 6.19. The number of rotatable bonds is 6. The maximum Gasteiger partial charge on any atom is 0.230 e. The van der Waals surface area contributed by atoms with Crippen molar-refractivity contribution in [3.63, 3.8) is 0 Å². The number of amides is 2. The van der Waals surface area contributed by atoms with Crippen LogP contribution in [0.25, 0.3) is 0 Å². The molecule has 0 fully saturated rings. The number of nitrogens with one attached hydrogen (secondary N) is 1. The van der Waals surface area contributed by atoms with Gasteiger partial charge in [-0.15, -0.1) is 0 Å². The molecule has 3 N–H and O–H groups in total. The molecule has 6 nitrogen and oxygen atoms in total. The Balaban J connectivity index is 2.46. The average molecular weight is 296 g/mol. The minimum absolute atomic E-state index is 0.174. The lowest BCUT2D eigenvalue weighted by Crippen LogP contribution is -2.42. The van der Waals surface area contributed by atoms with E-state index in [1.807, 2.05) is 19.9 Å². The molecule has 0 unspecified atom stereocenters. The fraction of sp³-hybridized carbons (Fsp3) is 0.538. The molecule has 7 heteroatoms. The molecule has 1 heterocycles. The quantitative estimate of drug-likeness (QED) is 0.598. The van der Waals surface area contributed by atoms with Crippen LogP contribution in [0.5, 0.6) is 0 Å². The molecule has 0 bridgehead atoms. The van der Waals surface area contributed by atoms with Gasteiger partial charge < -0.3 is 11.1 Å². The Hall–Kier alpha value is -1.63. The number of primary amides is 1.